The van der Waals surface area contributed by atoms with Crippen LogP contribution in [0.4, 0.5) is 0 Å². The quantitative estimate of drug-likeness (QED) is 0.894. The van der Waals surface area contributed by atoms with Gasteiger partial charge in [-0.05, 0) is 25.7 Å². The molecular formula is C14H22N2OS. The van der Waals surface area contributed by atoms with Gasteiger partial charge in [-0.2, -0.15) is 0 Å². The van der Waals surface area contributed by atoms with E-state index in [9.17, 15) is 0 Å². The van der Waals surface area contributed by atoms with Crippen molar-refractivity contribution in [1.82, 2.24) is 4.98 Å². The van der Waals surface area contributed by atoms with Gasteiger partial charge in [0.05, 0.1) is 10.7 Å². The summed E-state index contributed by atoms with van der Waals surface area (Å²) in [7, 11) is 0. The molecule has 1 aliphatic heterocycles. The Balaban J connectivity index is 1.96. The van der Waals surface area contributed by atoms with Crippen LogP contribution in [0.1, 0.15) is 48.7 Å². The van der Waals surface area contributed by atoms with E-state index in [2.05, 4.69) is 13.8 Å². The van der Waals surface area contributed by atoms with Gasteiger partial charge < -0.3 is 10.5 Å². The van der Waals surface area contributed by atoms with E-state index < -0.39 is 0 Å². The van der Waals surface area contributed by atoms with Gasteiger partial charge in [0, 0.05) is 35.5 Å². The van der Waals surface area contributed by atoms with E-state index in [-0.39, 0.29) is 5.41 Å². The van der Waals surface area contributed by atoms with Gasteiger partial charge in [0.25, 0.3) is 0 Å². The third-order valence-electron chi connectivity index (χ3n) is 4.57. The molecule has 0 saturated carbocycles. The molecule has 0 aromatic carbocycles. The van der Waals surface area contributed by atoms with Crippen molar-refractivity contribution in [3.05, 3.63) is 15.6 Å². The summed E-state index contributed by atoms with van der Waals surface area (Å²) in [4.78, 5) is 6.50. The molecule has 4 heteroatoms. The summed E-state index contributed by atoms with van der Waals surface area (Å²) < 4.78 is 5.52. The summed E-state index contributed by atoms with van der Waals surface area (Å²) in [5, 5.41) is 1.22. The van der Waals surface area contributed by atoms with Crippen LogP contribution in [0.3, 0.4) is 0 Å². The van der Waals surface area contributed by atoms with E-state index >= 15 is 0 Å². The van der Waals surface area contributed by atoms with Gasteiger partial charge in [-0.3, -0.25) is 0 Å². The lowest BCUT2D eigenvalue weighted by atomic mass is 9.78. The van der Waals surface area contributed by atoms with E-state index in [1.165, 1.54) is 28.4 Å². The molecule has 18 heavy (non-hydrogen) atoms. The summed E-state index contributed by atoms with van der Waals surface area (Å²) in [5.41, 5.74) is 7.60. The van der Waals surface area contributed by atoms with Gasteiger partial charge in [-0.1, -0.05) is 13.8 Å². The maximum absolute atomic E-state index is 5.87. The first-order chi connectivity index (χ1) is 8.57. The zero-order valence-electron chi connectivity index (χ0n) is 11.3. The molecule has 2 heterocycles. The SMILES string of the molecule is CC(C)(CN)c1nc2c(s1)CCC21CCOCC1. The Hall–Kier alpha value is -0.450. The van der Waals surface area contributed by atoms with Crippen LogP contribution in [0.5, 0.6) is 0 Å². The molecule has 1 spiro atoms. The molecule has 0 amide bonds. The zero-order chi connectivity index (χ0) is 12.8. The Labute approximate surface area is 113 Å². The molecule has 1 fully saturated rings. The molecule has 1 saturated heterocycles. The average Bonchev–Trinajstić information content (AvgIpc) is 2.93. The van der Waals surface area contributed by atoms with Crippen molar-refractivity contribution in [2.24, 2.45) is 5.73 Å². The molecule has 3 nitrogen and oxygen atoms in total. The lowest BCUT2D eigenvalue weighted by Crippen LogP contribution is -2.33. The molecule has 3 rings (SSSR count). The number of aromatic nitrogens is 1. The summed E-state index contributed by atoms with van der Waals surface area (Å²) >= 11 is 1.89. The lowest BCUT2D eigenvalue weighted by molar-refractivity contribution is 0.0492. The maximum Gasteiger partial charge on any atom is 0.1000 e. The number of thiazole rings is 1. The van der Waals surface area contributed by atoms with E-state index in [0.29, 0.717) is 12.0 Å². The Morgan fingerprint density at radius 2 is 2.06 bits per heavy atom. The molecule has 2 N–H and O–H groups in total. The summed E-state index contributed by atoms with van der Waals surface area (Å²) in [6.07, 6.45) is 4.76. The summed E-state index contributed by atoms with van der Waals surface area (Å²) in [5.74, 6) is 0. The van der Waals surface area contributed by atoms with Crippen LogP contribution >= 0.6 is 11.3 Å². The Kier molecular flexibility index (Phi) is 3.00. The second-order valence-electron chi connectivity index (χ2n) is 6.27. The minimum atomic E-state index is 0.0152. The first-order valence-corrected chi connectivity index (χ1v) is 7.68. The number of nitrogens with zero attached hydrogens (tertiary/aromatic N) is 1. The smallest absolute Gasteiger partial charge is 0.1000 e. The van der Waals surface area contributed by atoms with Crippen molar-refractivity contribution >= 4 is 11.3 Å². The minimum absolute atomic E-state index is 0.0152. The van der Waals surface area contributed by atoms with E-state index in [4.69, 9.17) is 15.5 Å². The fourth-order valence-corrected chi connectivity index (χ4v) is 4.33. The first kappa shape index (κ1) is 12.6. The molecule has 100 valence electrons. The van der Waals surface area contributed by atoms with Gasteiger partial charge in [-0.25, -0.2) is 4.98 Å². The number of hydrogen-bond donors (Lipinski definition) is 1. The van der Waals surface area contributed by atoms with Crippen LogP contribution in [-0.4, -0.2) is 24.7 Å². The monoisotopic (exact) mass is 266 g/mol. The number of hydrogen-bond acceptors (Lipinski definition) is 4. The molecule has 1 aliphatic carbocycles. The van der Waals surface area contributed by atoms with Crippen LogP contribution < -0.4 is 5.73 Å². The van der Waals surface area contributed by atoms with Gasteiger partial charge in [0.15, 0.2) is 0 Å². The van der Waals surface area contributed by atoms with Crippen LogP contribution in [0.2, 0.25) is 0 Å². The third kappa shape index (κ3) is 1.82. The van der Waals surface area contributed by atoms with Crippen LogP contribution in [0.25, 0.3) is 0 Å². The predicted molar refractivity (Wildman–Crippen MR) is 74.2 cm³/mol. The first-order valence-electron chi connectivity index (χ1n) is 6.86. The number of nitrogens with two attached hydrogens (primary N) is 1. The fraction of sp³-hybridized carbons (Fsp3) is 0.786. The third-order valence-corrected chi connectivity index (χ3v) is 6.05. The molecule has 0 unspecified atom stereocenters. The second-order valence-corrected chi connectivity index (χ2v) is 7.36. The maximum atomic E-state index is 5.87. The molecule has 0 radical (unpaired) electrons. The van der Waals surface area contributed by atoms with Gasteiger partial charge in [-0.15, -0.1) is 11.3 Å². The van der Waals surface area contributed by atoms with Crippen molar-refractivity contribution in [1.29, 1.82) is 0 Å². The molecule has 1 aromatic rings. The molecule has 0 bridgehead atoms. The van der Waals surface area contributed by atoms with Gasteiger partial charge in [0.2, 0.25) is 0 Å². The van der Waals surface area contributed by atoms with Crippen molar-refractivity contribution in [3.63, 3.8) is 0 Å². The summed E-state index contributed by atoms with van der Waals surface area (Å²) in [6.45, 7) is 6.84. The number of rotatable bonds is 2. The largest absolute Gasteiger partial charge is 0.381 e. The van der Waals surface area contributed by atoms with Crippen molar-refractivity contribution in [2.45, 2.75) is 50.4 Å². The zero-order valence-corrected chi connectivity index (χ0v) is 12.1. The van der Waals surface area contributed by atoms with Crippen molar-refractivity contribution < 1.29 is 4.74 Å². The highest BCUT2D eigenvalue weighted by Gasteiger charge is 2.43. The summed E-state index contributed by atoms with van der Waals surface area (Å²) in [6, 6.07) is 0. The predicted octanol–water partition coefficient (Wildman–Crippen LogP) is 2.37. The van der Waals surface area contributed by atoms with E-state index in [1.54, 1.807) is 0 Å². The van der Waals surface area contributed by atoms with Crippen molar-refractivity contribution in [3.8, 4) is 0 Å². The highest BCUT2D eigenvalue weighted by Crippen LogP contribution is 2.48. The number of ether oxygens (including phenoxy) is 1. The fourth-order valence-electron chi connectivity index (χ4n) is 3.03. The van der Waals surface area contributed by atoms with Gasteiger partial charge >= 0.3 is 0 Å². The Morgan fingerprint density at radius 3 is 2.72 bits per heavy atom. The number of fused-ring (bicyclic) bond motifs is 2. The van der Waals surface area contributed by atoms with E-state index in [1.807, 2.05) is 11.3 Å². The minimum Gasteiger partial charge on any atom is -0.381 e. The molecule has 2 aliphatic rings. The molecule has 1 aromatic heterocycles. The van der Waals surface area contributed by atoms with Crippen LogP contribution in [0.15, 0.2) is 0 Å². The van der Waals surface area contributed by atoms with Crippen LogP contribution in [0, 0.1) is 0 Å². The molecule has 0 atom stereocenters. The normalized spacial score (nSPS) is 22.4. The number of aryl methyl sites for hydroxylation is 1. The highest BCUT2D eigenvalue weighted by molar-refractivity contribution is 7.12. The Morgan fingerprint density at radius 1 is 1.33 bits per heavy atom. The standard InChI is InChI=1S/C14H22N2OS/c1-13(2,9-15)12-16-11-10(18-12)3-4-14(11)5-7-17-8-6-14/h3-9,15H2,1-2H3. The average molecular weight is 266 g/mol. The van der Waals surface area contributed by atoms with E-state index in [0.717, 1.165) is 26.1 Å². The molecular weight excluding hydrogens is 244 g/mol. The second kappa shape index (κ2) is 4.29. The van der Waals surface area contributed by atoms with Crippen LogP contribution in [-0.2, 0) is 22.0 Å². The Bertz CT molecular complexity index is 447. The topological polar surface area (TPSA) is 48.1 Å². The van der Waals surface area contributed by atoms with Gasteiger partial charge in [0.1, 0.15) is 0 Å². The highest BCUT2D eigenvalue weighted by atomic mass is 32.1. The lowest BCUT2D eigenvalue weighted by Gasteiger charge is -2.33. The van der Waals surface area contributed by atoms with Crippen molar-refractivity contribution in [2.75, 3.05) is 19.8 Å².